The summed E-state index contributed by atoms with van der Waals surface area (Å²) in [7, 11) is 1.30. The molecule has 2 aliphatic rings. The predicted molar refractivity (Wildman–Crippen MR) is 43.0 cm³/mol. The number of methoxy groups -OCH3 is 1. The standard InChI is InChI=1S/C8H10F3NO3/c1-13-6-3-2-5-4-12-15-7(5,14-6)8(9,10)11/h4-6H,2-3H2,1H3. The van der Waals surface area contributed by atoms with Crippen LogP contribution >= 0.6 is 0 Å². The summed E-state index contributed by atoms with van der Waals surface area (Å²) in [6.07, 6.45) is -3.70. The van der Waals surface area contributed by atoms with Gasteiger partial charge < -0.3 is 14.3 Å². The average molecular weight is 225 g/mol. The topological polar surface area (TPSA) is 40.0 Å². The summed E-state index contributed by atoms with van der Waals surface area (Å²) in [4.78, 5) is 4.38. The first-order valence-electron chi connectivity index (χ1n) is 4.48. The molecule has 3 atom stereocenters. The quantitative estimate of drug-likeness (QED) is 0.681. The van der Waals surface area contributed by atoms with Crippen molar-refractivity contribution in [3.8, 4) is 0 Å². The Labute approximate surface area is 84.0 Å². The highest BCUT2D eigenvalue weighted by Gasteiger charge is 2.68. The van der Waals surface area contributed by atoms with Crippen LogP contribution < -0.4 is 0 Å². The van der Waals surface area contributed by atoms with E-state index in [-0.39, 0.29) is 6.42 Å². The number of halogens is 3. The van der Waals surface area contributed by atoms with E-state index in [1.807, 2.05) is 0 Å². The molecule has 86 valence electrons. The Morgan fingerprint density at radius 2 is 2.20 bits per heavy atom. The smallest absolute Gasteiger partial charge is 0.356 e. The van der Waals surface area contributed by atoms with E-state index in [2.05, 4.69) is 9.99 Å². The second-order valence-electron chi connectivity index (χ2n) is 3.48. The second-order valence-corrected chi connectivity index (χ2v) is 3.48. The molecule has 0 aromatic rings. The van der Waals surface area contributed by atoms with Gasteiger partial charge in [-0.3, -0.25) is 0 Å². The number of nitrogens with zero attached hydrogens (tertiary/aromatic N) is 1. The van der Waals surface area contributed by atoms with Crippen LogP contribution in [0.15, 0.2) is 5.16 Å². The average Bonchev–Trinajstić information content (AvgIpc) is 2.60. The van der Waals surface area contributed by atoms with Gasteiger partial charge in [0, 0.05) is 7.11 Å². The van der Waals surface area contributed by atoms with Gasteiger partial charge in [-0.05, 0) is 12.8 Å². The van der Waals surface area contributed by atoms with Gasteiger partial charge in [0.1, 0.15) is 0 Å². The minimum Gasteiger partial charge on any atom is -0.356 e. The molecule has 0 saturated carbocycles. The van der Waals surface area contributed by atoms with E-state index >= 15 is 0 Å². The second kappa shape index (κ2) is 3.34. The largest absolute Gasteiger partial charge is 0.458 e. The summed E-state index contributed by atoms with van der Waals surface area (Å²) in [6.45, 7) is 0. The van der Waals surface area contributed by atoms with E-state index in [1.165, 1.54) is 7.11 Å². The fourth-order valence-electron chi connectivity index (χ4n) is 1.79. The van der Waals surface area contributed by atoms with Crippen LogP contribution in [0.25, 0.3) is 0 Å². The van der Waals surface area contributed by atoms with Gasteiger partial charge in [-0.1, -0.05) is 5.16 Å². The minimum atomic E-state index is -4.62. The highest BCUT2D eigenvalue weighted by Crippen LogP contribution is 2.48. The molecule has 15 heavy (non-hydrogen) atoms. The normalized spacial score (nSPS) is 40.0. The lowest BCUT2D eigenvalue weighted by Crippen LogP contribution is -2.57. The Hall–Kier alpha value is -0.820. The molecule has 4 nitrogen and oxygen atoms in total. The molecule has 2 aliphatic heterocycles. The third-order valence-corrected chi connectivity index (χ3v) is 2.60. The summed E-state index contributed by atoms with van der Waals surface area (Å²) in [5.41, 5.74) is 0. The predicted octanol–water partition coefficient (Wildman–Crippen LogP) is 1.66. The maximum Gasteiger partial charge on any atom is 0.458 e. The highest BCUT2D eigenvalue weighted by atomic mass is 19.4. The van der Waals surface area contributed by atoms with Crippen LogP contribution in [0, 0.1) is 5.92 Å². The van der Waals surface area contributed by atoms with E-state index in [0.29, 0.717) is 6.42 Å². The molecule has 0 amide bonds. The van der Waals surface area contributed by atoms with Gasteiger partial charge in [0.05, 0.1) is 12.1 Å². The van der Waals surface area contributed by atoms with Gasteiger partial charge in [-0.25, -0.2) is 0 Å². The van der Waals surface area contributed by atoms with E-state index < -0.39 is 24.2 Å². The maximum absolute atomic E-state index is 12.8. The molecule has 0 aromatic heterocycles. The van der Waals surface area contributed by atoms with Gasteiger partial charge in [-0.15, -0.1) is 0 Å². The van der Waals surface area contributed by atoms with Crippen molar-refractivity contribution in [2.45, 2.75) is 31.1 Å². The number of fused-ring (bicyclic) bond motifs is 1. The molecule has 0 radical (unpaired) electrons. The summed E-state index contributed by atoms with van der Waals surface area (Å²) >= 11 is 0. The van der Waals surface area contributed by atoms with Crippen LogP contribution in [0.5, 0.6) is 0 Å². The van der Waals surface area contributed by atoms with Crippen LogP contribution in [0.2, 0.25) is 0 Å². The number of alkyl halides is 3. The van der Waals surface area contributed by atoms with Crippen molar-refractivity contribution in [2.75, 3.05) is 7.11 Å². The van der Waals surface area contributed by atoms with Crippen LogP contribution in [-0.2, 0) is 14.3 Å². The summed E-state index contributed by atoms with van der Waals surface area (Å²) < 4.78 is 48.0. The molecule has 2 rings (SSSR count). The van der Waals surface area contributed by atoms with Crippen LogP contribution in [-0.4, -0.2) is 31.6 Å². The number of ether oxygens (including phenoxy) is 2. The van der Waals surface area contributed by atoms with Gasteiger partial charge in [0.25, 0.3) is 0 Å². The Morgan fingerprint density at radius 1 is 1.47 bits per heavy atom. The molecule has 0 aromatic carbocycles. The van der Waals surface area contributed by atoms with Crippen molar-refractivity contribution in [3.63, 3.8) is 0 Å². The minimum absolute atomic E-state index is 0.279. The zero-order chi connectivity index (χ0) is 11.1. The lowest BCUT2D eigenvalue weighted by molar-refractivity contribution is -0.428. The number of rotatable bonds is 1. The molecule has 0 aliphatic carbocycles. The summed E-state index contributed by atoms with van der Waals surface area (Å²) in [5, 5.41) is 3.21. The third-order valence-electron chi connectivity index (χ3n) is 2.60. The molecular weight excluding hydrogens is 215 g/mol. The van der Waals surface area contributed by atoms with Gasteiger partial charge in [-0.2, -0.15) is 13.2 Å². The van der Waals surface area contributed by atoms with E-state index in [4.69, 9.17) is 9.47 Å². The van der Waals surface area contributed by atoms with Crippen molar-refractivity contribution in [2.24, 2.45) is 11.1 Å². The molecule has 0 spiro atoms. The van der Waals surface area contributed by atoms with Gasteiger partial charge >= 0.3 is 12.0 Å². The summed E-state index contributed by atoms with van der Waals surface area (Å²) in [6, 6.07) is 0. The first-order chi connectivity index (χ1) is 6.99. The van der Waals surface area contributed by atoms with Crippen molar-refractivity contribution < 1.29 is 27.5 Å². The number of hydrogen-bond acceptors (Lipinski definition) is 4. The molecule has 1 saturated heterocycles. The van der Waals surface area contributed by atoms with E-state index in [1.54, 1.807) is 0 Å². The van der Waals surface area contributed by atoms with Crippen LogP contribution in [0.3, 0.4) is 0 Å². The maximum atomic E-state index is 12.8. The fourth-order valence-corrected chi connectivity index (χ4v) is 1.79. The van der Waals surface area contributed by atoms with Crippen molar-refractivity contribution in [3.05, 3.63) is 0 Å². The molecule has 3 unspecified atom stereocenters. The Balaban J connectivity index is 2.25. The lowest BCUT2D eigenvalue weighted by Gasteiger charge is -2.39. The fraction of sp³-hybridized carbons (Fsp3) is 0.875. The summed E-state index contributed by atoms with van der Waals surface area (Å²) in [5.74, 6) is -3.53. The molecule has 0 bridgehead atoms. The van der Waals surface area contributed by atoms with Crippen LogP contribution in [0.4, 0.5) is 13.2 Å². The van der Waals surface area contributed by atoms with Gasteiger partial charge in [0.15, 0.2) is 6.29 Å². The van der Waals surface area contributed by atoms with E-state index in [0.717, 1.165) is 6.21 Å². The SMILES string of the molecule is COC1CCC2C=NOC2(C(F)(F)F)O1. The van der Waals surface area contributed by atoms with E-state index in [9.17, 15) is 13.2 Å². The molecule has 0 N–H and O–H groups in total. The Morgan fingerprint density at radius 3 is 2.80 bits per heavy atom. The lowest BCUT2D eigenvalue weighted by atomic mass is 9.91. The zero-order valence-electron chi connectivity index (χ0n) is 7.95. The molecule has 7 heteroatoms. The Bertz CT molecular complexity index is 281. The Kier molecular flexibility index (Phi) is 2.38. The molecule has 2 heterocycles. The monoisotopic (exact) mass is 225 g/mol. The zero-order valence-corrected chi connectivity index (χ0v) is 7.95. The highest BCUT2D eigenvalue weighted by molar-refractivity contribution is 5.63. The first-order valence-corrected chi connectivity index (χ1v) is 4.48. The molecule has 1 fully saturated rings. The first kappa shape index (κ1) is 10.7. The van der Waals surface area contributed by atoms with Gasteiger partial charge in [0.2, 0.25) is 0 Å². The van der Waals surface area contributed by atoms with Crippen LogP contribution in [0.1, 0.15) is 12.8 Å². The van der Waals surface area contributed by atoms with Crippen molar-refractivity contribution in [1.29, 1.82) is 0 Å². The van der Waals surface area contributed by atoms with Crippen molar-refractivity contribution in [1.82, 2.24) is 0 Å². The molecular formula is C8H10F3NO3. The number of hydrogen-bond donors (Lipinski definition) is 0. The number of oxime groups is 1. The third kappa shape index (κ3) is 1.50. The van der Waals surface area contributed by atoms with Crippen molar-refractivity contribution >= 4 is 6.21 Å².